The van der Waals surface area contributed by atoms with Crippen molar-refractivity contribution < 1.29 is 23.8 Å². The van der Waals surface area contributed by atoms with E-state index >= 15 is 0 Å². The molecule has 2 aliphatic rings. The van der Waals surface area contributed by atoms with Crippen LogP contribution in [0.1, 0.15) is 40.0 Å². The second kappa shape index (κ2) is 8.00. The van der Waals surface area contributed by atoms with Crippen LogP contribution < -0.4 is 14.2 Å². The number of ketones is 1. The van der Waals surface area contributed by atoms with Crippen LogP contribution in [0.5, 0.6) is 17.2 Å². The summed E-state index contributed by atoms with van der Waals surface area (Å²) in [7, 11) is 3.09. The van der Waals surface area contributed by atoms with Crippen LogP contribution in [0.4, 0.5) is 0 Å². The van der Waals surface area contributed by atoms with Gasteiger partial charge in [0.05, 0.1) is 31.2 Å². The van der Waals surface area contributed by atoms with Crippen LogP contribution in [-0.2, 0) is 0 Å². The Hall–Kier alpha value is -2.44. The highest BCUT2D eigenvalue weighted by atomic mass is 35.5. The third-order valence-electron chi connectivity index (χ3n) is 5.67. The fraction of sp³-hybridized carbons (Fsp3) is 0.364. The molecule has 0 aliphatic carbocycles. The van der Waals surface area contributed by atoms with Gasteiger partial charge < -0.3 is 19.1 Å². The summed E-state index contributed by atoms with van der Waals surface area (Å²) in [5, 5.41) is 0.729. The van der Waals surface area contributed by atoms with Crippen LogP contribution in [0.2, 0.25) is 10.0 Å². The highest BCUT2D eigenvalue weighted by molar-refractivity contribution is 6.36. The van der Waals surface area contributed by atoms with Gasteiger partial charge in [0.2, 0.25) is 0 Å². The molecule has 0 bridgehead atoms. The first-order chi connectivity index (χ1) is 14.3. The Morgan fingerprint density at radius 3 is 2.27 bits per heavy atom. The van der Waals surface area contributed by atoms with Crippen molar-refractivity contribution in [3.05, 3.63) is 51.5 Å². The summed E-state index contributed by atoms with van der Waals surface area (Å²) < 4.78 is 16.8. The summed E-state index contributed by atoms with van der Waals surface area (Å²) in [5.74, 6) is 1.33. The summed E-state index contributed by atoms with van der Waals surface area (Å²) >= 11 is 12.3. The first-order valence-electron chi connectivity index (χ1n) is 9.58. The minimum absolute atomic E-state index is 0.0436. The van der Waals surface area contributed by atoms with Crippen LogP contribution in [0.3, 0.4) is 0 Å². The van der Waals surface area contributed by atoms with Crippen molar-refractivity contribution in [1.29, 1.82) is 0 Å². The molecule has 2 aromatic rings. The van der Waals surface area contributed by atoms with Crippen LogP contribution in [0, 0.1) is 0 Å². The molecule has 0 aromatic heterocycles. The van der Waals surface area contributed by atoms with Crippen molar-refractivity contribution in [1.82, 2.24) is 4.90 Å². The predicted molar refractivity (Wildman–Crippen MR) is 113 cm³/mol. The van der Waals surface area contributed by atoms with Crippen molar-refractivity contribution in [2.45, 2.75) is 24.9 Å². The van der Waals surface area contributed by atoms with Gasteiger partial charge in [-0.05, 0) is 24.3 Å². The van der Waals surface area contributed by atoms with E-state index < -0.39 is 5.60 Å². The third kappa shape index (κ3) is 3.82. The lowest BCUT2D eigenvalue weighted by atomic mass is 9.82. The van der Waals surface area contributed by atoms with E-state index in [0.717, 1.165) is 0 Å². The Morgan fingerprint density at radius 1 is 1.03 bits per heavy atom. The van der Waals surface area contributed by atoms with E-state index in [9.17, 15) is 9.59 Å². The summed E-state index contributed by atoms with van der Waals surface area (Å²) in [4.78, 5) is 27.5. The van der Waals surface area contributed by atoms with Crippen molar-refractivity contribution in [3.63, 3.8) is 0 Å². The van der Waals surface area contributed by atoms with Gasteiger partial charge in [0.1, 0.15) is 22.8 Å². The molecule has 0 N–H and O–H groups in total. The number of amides is 1. The molecule has 30 heavy (non-hydrogen) atoms. The summed E-state index contributed by atoms with van der Waals surface area (Å²) in [5.41, 5.74) is 0.246. The smallest absolute Gasteiger partial charge is 0.254 e. The number of rotatable bonds is 3. The van der Waals surface area contributed by atoms with Crippen molar-refractivity contribution in [2.75, 3.05) is 27.3 Å². The van der Waals surface area contributed by atoms with Gasteiger partial charge >= 0.3 is 0 Å². The molecule has 4 rings (SSSR count). The van der Waals surface area contributed by atoms with E-state index in [4.69, 9.17) is 37.4 Å². The van der Waals surface area contributed by atoms with E-state index in [1.807, 2.05) is 0 Å². The molecule has 0 saturated carbocycles. The molecule has 0 radical (unpaired) electrons. The van der Waals surface area contributed by atoms with Crippen molar-refractivity contribution in [3.8, 4) is 17.2 Å². The number of nitrogens with zero attached hydrogens (tertiary/aromatic N) is 1. The molecule has 0 atom stereocenters. The summed E-state index contributed by atoms with van der Waals surface area (Å²) in [6.45, 7) is 0.929. The Morgan fingerprint density at radius 2 is 1.67 bits per heavy atom. The molecular weight excluding hydrogens is 429 g/mol. The molecule has 1 saturated heterocycles. The summed E-state index contributed by atoms with van der Waals surface area (Å²) in [6, 6.07) is 8.26. The van der Waals surface area contributed by atoms with Gasteiger partial charge in [-0.3, -0.25) is 9.59 Å². The molecule has 2 heterocycles. The lowest BCUT2D eigenvalue weighted by Crippen LogP contribution is -2.52. The van der Waals surface area contributed by atoms with E-state index in [2.05, 4.69) is 0 Å². The third-order valence-corrected chi connectivity index (χ3v) is 6.17. The van der Waals surface area contributed by atoms with Gasteiger partial charge in [-0.25, -0.2) is 0 Å². The molecule has 6 nitrogen and oxygen atoms in total. The van der Waals surface area contributed by atoms with E-state index in [1.165, 1.54) is 0 Å². The second-order valence-corrected chi connectivity index (χ2v) is 8.39. The number of halogens is 2. The topological polar surface area (TPSA) is 65.1 Å². The molecule has 0 unspecified atom stereocenters. The first kappa shape index (κ1) is 20.8. The van der Waals surface area contributed by atoms with Crippen LogP contribution in [-0.4, -0.2) is 49.5 Å². The molecule has 1 spiro atoms. The highest BCUT2D eigenvalue weighted by Crippen LogP contribution is 2.44. The van der Waals surface area contributed by atoms with E-state index in [0.29, 0.717) is 64.4 Å². The van der Waals surface area contributed by atoms with Gasteiger partial charge in [0.15, 0.2) is 5.78 Å². The number of carbonyl (C=O) groups is 2. The average molecular weight is 450 g/mol. The lowest BCUT2D eigenvalue weighted by molar-refractivity contribution is -0.00566. The molecule has 1 amide bonds. The van der Waals surface area contributed by atoms with Crippen molar-refractivity contribution >= 4 is 34.9 Å². The minimum Gasteiger partial charge on any atom is -0.497 e. The molecule has 2 aliphatic heterocycles. The van der Waals surface area contributed by atoms with Gasteiger partial charge in [-0.2, -0.15) is 0 Å². The number of hydrogen-bond donors (Lipinski definition) is 0. The Kier molecular flexibility index (Phi) is 5.55. The zero-order valence-electron chi connectivity index (χ0n) is 16.7. The Bertz CT molecular complexity index is 993. The first-order valence-corrected chi connectivity index (χ1v) is 10.3. The fourth-order valence-corrected chi connectivity index (χ4v) is 4.55. The average Bonchev–Trinajstić information content (AvgIpc) is 2.74. The highest BCUT2D eigenvalue weighted by Gasteiger charge is 2.44. The normalized spacial score (nSPS) is 17.3. The largest absolute Gasteiger partial charge is 0.497 e. The number of Topliss-reactive ketones (excluding diaryl/α,β-unsaturated/α-hetero) is 1. The molecule has 8 heteroatoms. The minimum atomic E-state index is -0.662. The van der Waals surface area contributed by atoms with Crippen LogP contribution in [0.25, 0.3) is 0 Å². The van der Waals surface area contributed by atoms with Gasteiger partial charge in [0, 0.05) is 42.6 Å². The number of benzene rings is 2. The van der Waals surface area contributed by atoms with E-state index in [1.54, 1.807) is 49.5 Å². The van der Waals surface area contributed by atoms with Gasteiger partial charge in [-0.1, -0.05) is 23.2 Å². The lowest BCUT2D eigenvalue weighted by Gasteiger charge is -2.44. The van der Waals surface area contributed by atoms with Gasteiger partial charge in [0.25, 0.3) is 5.91 Å². The number of fused-ring (bicyclic) bond motifs is 1. The molecule has 158 valence electrons. The maximum atomic E-state index is 13.0. The molecular formula is C22H21Cl2NO5. The Labute approximate surface area is 184 Å². The van der Waals surface area contributed by atoms with Crippen molar-refractivity contribution in [2.24, 2.45) is 0 Å². The predicted octanol–water partition coefficient (Wildman–Crippen LogP) is 4.65. The Balaban J connectivity index is 1.51. The number of ether oxygens (including phenoxy) is 3. The quantitative estimate of drug-likeness (QED) is 0.681. The standard InChI is InChI=1S/C22H21Cl2NO5/c1-28-15-7-13(8-16(11-15)29-2)21(27)25-5-3-22(4-6-25)12-19(26)17-9-14(23)10-18(24)20(17)30-22/h7-11H,3-6,12H2,1-2H3. The van der Waals surface area contributed by atoms with Crippen LogP contribution in [0.15, 0.2) is 30.3 Å². The zero-order chi connectivity index (χ0) is 21.5. The van der Waals surface area contributed by atoms with E-state index in [-0.39, 0.29) is 18.1 Å². The van der Waals surface area contributed by atoms with Gasteiger partial charge in [-0.15, -0.1) is 0 Å². The number of carbonyl (C=O) groups excluding carboxylic acids is 2. The maximum absolute atomic E-state index is 13.0. The molecule has 2 aromatic carbocycles. The number of likely N-dealkylation sites (tertiary alicyclic amines) is 1. The number of piperidine rings is 1. The number of hydrogen-bond acceptors (Lipinski definition) is 5. The maximum Gasteiger partial charge on any atom is 0.254 e. The molecule has 1 fully saturated rings. The fourth-order valence-electron chi connectivity index (χ4n) is 4.02. The van der Waals surface area contributed by atoms with Crippen LogP contribution >= 0.6 is 23.2 Å². The second-order valence-electron chi connectivity index (χ2n) is 7.54. The SMILES string of the molecule is COc1cc(OC)cc(C(=O)N2CCC3(CC2)CC(=O)c2cc(Cl)cc(Cl)c2O3)c1. The number of methoxy groups -OCH3 is 2. The zero-order valence-corrected chi connectivity index (χ0v) is 18.2. The monoisotopic (exact) mass is 449 g/mol. The summed E-state index contributed by atoms with van der Waals surface area (Å²) in [6.07, 6.45) is 1.31.